The van der Waals surface area contributed by atoms with Gasteiger partial charge in [-0.05, 0) is 67.8 Å². The summed E-state index contributed by atoms with van der Waals surface area (Å²) in [6.45, 7) is -0.0244. The Kier molecular flexibility index (Phi) is 7.58. The molecule has 0 radical (unpaired) electrons. The monoisotopic (exact) mass is 472 g/mol. The van der Waals surface area contributed by atoms with Gasteiger partial charge in [0.25, 0.3) is 11.8 Å². The van der Waals surface area contributed by atoms with Crippen LogP contribution in [-0.4, -0.2) is 50.3 Å². The van der Waals surface area contributed by atoms with E-state index in [0.29, 0.717) is 12.8 Å². The minimum Gasteiger partial charge on any atom is -0.449 e. The van der Waals surface area contributed by atoms with Crippen LogP contribution in [0.5, 0.6) is 0 Å². The van der Waals surface area contributed by atoms with E-state index in [1.807, 2.05) is 0 Å². The number of amides is 2. The Morgan fingerprint density at radius 2 is 1.73 bits per heavy atom. The van der Waals surface area contributed by atoms with Crippen molar-refractivity contribution in [2.75, 3.05) is 13.1 Å². The molecule has 1 fully saturated rings. The molecule has 0 aliphatic carbocycles. The molecule has 10 heteroatoms. The van der Waals surface area contributed by atoms with Gasteiger partial charge < -0.3 is 4.74 Å². The smallest absolute Gasteiger partial charge is 0.338 e. The fourth-order valence-corrected chi connectivity index (χ4v) is 4.19. The molecule has 2 aromatic carbocycles. The van der Waals surface area contributed by atoms with Gasteiger partial charge in [-0.15, -0.1) is 6.42 Å². The highest BCUT2D eigenvalue weighted by Crippen LogP contribution is 2.20. The van der Waals surface area contributed by atoms with E-state index in [2.05, 4.69) is 10.6 Å². The summed E-state index contributed by atoms with van der Waals surface area (Å²) in [6, 6.07) is 9.77. The first kappa shape index (κ1) is 24.1. The van der Waals surface area contributed by atoms with Gasteiger partial charge in [0.15, 0.2) is 6.10 Å². The van der Waals surface area contributed by atoms with Gasteiger partial charge in [0.2, 0.25) is 10.0 Å². The molecular formula is C23H21FN2O6S. The van der Waals surface area contributed by atoms with Crippen molar-refractivity contribution >= 4 is 27.8 Å². The number of benzene rings is 2. The molecule has 33 heavy (non-hydrogen) atoms. The number of sulfonamides is 1. The lowest BCUT2D eigenvalue weighted by atomic mass is 10.1. The fraction of sp³-hybridized carbons (Fsp3) is 0.261. The fourth-order valence-electron chi connectivity index (χ4n) is 3.25. The van der Waals surface area contributed by atoms with Gasteiger partial charge in [-0.3, -0.25) is 14.5 Å². The SMILES string of the molecule is C#CCNS(=O)(=O)c1ccc(C(=O)OC2CCCCN(C(=O)c3ccc(F)cc3)C2=O)cc1. The Labute approximate surface area is 190 Å². The van der Waals surface area contributed by atoms with Crippen molar-refractivity contribution in [3.63, 3.8) is 0 Å². The standard InChI is InChI=1S/C23H21FN2O6S/c1-2-14-25-33(30,31)19-12-8-17(9-13-19)23(29)32-20-5-3-4-15-26(22(20)28)21(27)16-6-10-18(24)11-7-16/h1,6-13,20,25H,3-5,14-15H2. The second-order valence-corrected chi connectivity index (χ2v) is 9.01. The van der Waals surface area contributed by atoms with Gasteiger partial charge in [0.1, 0.15) is 5.82 Å². The van der Waals surface area contributed by atoms with Gasteiger partial charge in [0, 0.05) is 12.1 Å². The molecule has 1 atom stereocenters. The molecule has 1 heterocycles. The Morgan fingerprint density at radius 1 is 1.09 bits per heavy atom. The maximum Gasteiger partial charge on any atom is 0.338 e. The lowest BCUT2D eigenvalue weighted by Crippen LogP contribution is -2.43. The molecule has 0 aromatic heterocycles. The molecule has 0 spiro atoms. The molecule has 1 aliphatic rings. The molecule has 0 bridgehead atoms. The van der Waals surface area contributed by atoms with Crippen LogP contribution in [0.15, 0.2) is 53.4 Å². The Balaban J connectivity index is 1.72. The van der Waals surface area contributed by atoms with E-state index in [0.717, 1.165) is 17.0 Å². The summed E-state index contributed by atoms with van der Waals surface area (Å²) >= 11 is 0. The summed E-state index contributed by atoms with van der Waals surface area (Å²) in [4.78, 5) is 39.2. The van der Waals surface area contributed by atoms with E-state index < -0.39 is 39.7 Å². The molecule has 2 amide bonds. The van der Waals surface area contributed by atoms with Crippen LogP contribution in [0.4, 0.5) is 4.39 Å². The van der Waals surface area contributed by atoms with E-state index in [1.165, 1.54) is 36.4 Å². The number of hydrogen-bond donors (Lipinski definition) is 1. The van der Waals surface area contributed by atoms with E-state index >= 15 is 0 Å². The number of likely N-dealkylation sites (tertiary alicyclic amines) is 1. The summed E-state index contributed by atoms with van der Waals surface area (Å²) in [5.74, 6) is -0.435. The number of imide groups is 1. The number of nitrogens with zero attached hydrogens (tertiary/aromatic N) is 1. The lowest BCUT2D eigenvalue weighted by Gasteiger charge is -2.22. The predicted molar refractivity (Wildman–Crippen MR) is 116 cm³/mol. The molecule has 2 aromatic rings. The Morgan fingerprint density at radius 3 is 2.36 bits per heavy atom. The Hall–Kier alpha value is -3.55. The molecule has 3 rings (SSSR count). The molecule has 1 saturated heterocycles. The second-order valence-electron chi connectivity index (χ2n) is 7.24. The van der Waals surface area contributed by atoms with Crippen LogP contribution in [0, 0.1) is 18.2 Å². The van der Waals surface area contributed by atoms with Crippen LogP contribution in [0.1, 0.15) is 40.0 Å². The molecular weight excluding hydrogens is 451 g/mol. The van der Waals surface area contributed by atoms with E-state index in [-0.39, 0.29) is 35.5 Å². The minimum absolute atomic E-state index is 0.0411. The molecule has 172 valence electrons. The van der Waals surface area contributed by atoms with Crippen LogP contribution in [0.25, 0.3) is 0 Å². The zero-order chi connectivity index (χ0) is 24.0. The summed E-state index contributed by atoms with van der Waals surface area (Å²) in [5.41, 5.74) is 0.186. The van der Waals surface area contributed by atoms with Crippen LogP contribution < -0.4 is 4.72 Å². The summed E-state index contributed by atoms with van der Waals surface area (Å²) in [7, 11) is -3.82. The van der Waals surface area contributed by atoms with Gasteiger partial charge >= 0.3 is 5.97 Å². The van der Waals surface area contributed by atoms with Crippen LogP contribution in [0.2, 0.25) is 0 Å². The zero-order valence-electron chi connectivity index (χ0n) is 17.5. The highest BCUT2D eigenvalue weighted by Gasteiger charge is 2.34. The number of terminal acetylenes is 1. The average Bonchev–Trinajstić information content (AvgIpc) is 2.99. The quantitative estimate of drug-likeness (QED) is 0.392. The third-order valence-electron chi connectivity index (χ3n) is 4.99. The predicted octanol–water partition coefficient (Wildman–Crippen LogP) is 2.12. The minimum atomic E-state index is -3.82. The number of carbonyl (C=O) groups excluding carboxylic acids is 3. The van der Waals surface area contributed by atoms with E-state index in [4.69, 9.17) is 11.2 Å². The third-order valence-corrected chi connectivity index (χ3v) is 6.41. The first-order valence-corrected chi connectivity index (χ1v) is 11.6. The van der Waals surface area contributed by atoms with Gasteiger partial charge in [-0.2, -0.15) is 4.72 Å². The summed E-state index contributed by atoms with van der Waals surface area (Å²) in [5, 5.41) is 0. The van der Waals surface area contributed by atoms with Crippen LogP contribution in [-0.2, 0) is 19.6 Å². The van der Waals surface area contributed by atoms with E-state index in [9.17, 15) is 27.2 Å². The zero-order valence-corrected chi connectivity index (χ0v) is 18.3. The summed E-state index contributed by atoms with van der Waals surface area (Å²) < 4.78 is 44.9. The van der Waals surface area contributed by atoms with Crippen molar-refractivity contribution in [1.82, 2.24) is 9.62 Å². The highest BCUT2D eigenvalue weighted by molar-refractivity contribution is 7.89. The highest BCUT2D eigenvalue weighted by atomic mass is 32.2. The molecule has 1 aliphatic heterocycles. The van der Waals surface area contributed by atoms with Gasteiger partial charge in [-0.25, -0.2) is 17.6 Å². The summed E-state index contributed by atoms with van der Waals surface area (Å²) in [6.07, 6.45) is 5.19. The molecule has 1 unspecified atom stereocenters. The second kappa shape index (κ2) is 10.4. The number of hydrogen-bond acceptors (Lipinski definition) is 6. The third kappa shape index (κ3) is 5.83. The normalized spacial score (nSPS) is 16.5. The first-order chi connectivity index (χ1) is 15.7. The first-order valence-electron chi connectivity index (χ1n) is 10.1. The molecule has 1 N–H and O–H groups in total. The van der Waals surface area contributed by atoms with Crippen molar-refractivity contribution in [2.24, 2.45) is 0 Å². The largest absolute Gasteiger partial charge is 0.449 e. The van der Waals surface area contributed by atoms with Crippen molar-refractivity contribution in [1.29, 1.82) is 0 Å². The van der Waals surface area contributed by atoms with Crippen molar-refractivity contribution < 1.29 is 31.9 Å². The lowest BCUT2D eigenvalue weighted by molar-refractivity contribution is -0.137. The number of carbonyl (C=O) groups is 3. The maximum atomic E-state index is 13.2. The molecule has 0 saturated carbocycles. The molecule has 8 nitrogen and oxygen atoms in total. The van der Waals surface area contributed by atoms with Crippen LogP contribution >= 0.6 is 0 Å². The number of halogens is 1. The van der Waals surface area contributed by atoms with E-state index in [1.54, 1.807) is 0 Å². The van der Waals surface area contributed by atoms with Gasteiger partial charge in [0.05, 0.1) is 17.0 Å². The van der Waals surface area contributed by atoms with Crippen molar-refractivity contribution in [3.8, 4) is 12.3 Å². The van der Waals surface area contributed by atoms with Crippen LogP contribution in [0.3, 0.4) is 0 Å². The number of ether oxygens (including phenoxy) is 1. The Bertz CT molecular complexity index is 1190. The van der Waals surface area contributed by atoms with Crippen molar-refractivity contribution in [3.05, 3.63) is 65.5 Å². The van der Waals surface area contributed by atoms with Crippen molar-refractivity contribution in [2.45, 2.75) is 30.3 Å². The average molecular weight is 472 g/mol. The maximum absolute atomic E-state index is 13.2. The number of rotatable bonds is 6. The number of esters is 1. The van der Waals surface area contributed by atoms with Gasteiger partial charge in [-0.1, -0.05) is 5.92 Å². The number of nitrogens with one attached hydrogen (secondary N) is 1. The topological polar surface area (TPSA) is 110 Å².